The number of ether oxygens (including phenoxy) is 2. The number of amides is 2. The van der Waals surface area contributed by atoms with Crippen molar-refractivity contribution in [1.82, 2.24) is 35.4 Å². The van der Waals surface area contributed by atoms with Crippen molar-refractivity contribution in [3.63, 3.8) is 0 Å². The van der Waals surface area contributed by atoms with Gasteiger partial charge in [-0.1, -0.05) is 20.8 Å². The third kappa shape index (κ3) is 9.71. The lowest BCUT2D eigenvalue weighted by molar-refractivity contribution is -0.149. The van der Waals surface area contributed by atoms with Crippen molar-refractivity contribution in [3.8, 4) is 0 Å². The molecule has 1 unspecified atom stereocenters. The Kier molecular flexibility index (Phi) is 13.0. The van der Waals surface area contributed by atoms with Gasteiger partial charge in [0.05, 0.1) is 13.0 Å². The average Bonchev–Trinajstić information content (AvgIpc) is 3.73. The zero-order valence-electron chi connectivity index (χ0n) is 31.5. The van der Waals surface area contributed by atoms with Crippen LogP contribution in [0.1, 0.15) is 106 Å². The molecule has 4 aliphatic rings. The van der Waals surface area contributed by atoms with Gasteiger partial charge in [0.2, 0.25) is 5.91 Å². The van der Waals surface area contributed by atoms with Gasteiger partial charge < -0.3 is 24.8 Å². The Hall–Kier alpha value is -3.53. The van der Waals surface area contributed by atoms with E-state index in [-0.39, 0.29) is 42.0 Å². The summed E-state index contributed by atoms with van der Waals surface area (Å²) in [5, 5.41) is 19.6. The zero-order valence-corrected chi connectivity index (χ0v) is 32.3. The van der Waals surface area contributed by atoms with Gasteiger partial charge in [-0.3, -0.25) is 29.4 Å². The molecule has 4 fully saturated rings. The maximum absolute atomic E-state index is 14.1. The number of piperidine rings is 3. The number of nitrogens with one attached hydrogen (secondary N) is 2. The number of methoxy groups -OCH3 is 1. The van der Waals surface area contributed by atoms with Gasteiger partial charge in [0, 0.05) is 62.7 Å². The molecular formula is C37H55N7O7S. The molecule has 2 amide bonds. The molecule has 0 radical (unpaired) electrons. The van der Waals surface area contributed by atoms with E-state index in [1.165, 1.54) is 38.2 Å². The Morgan fingerprint density at radius 3 is 2.35 bits per heavy atom. The van der Waals surface area contributed by atoms with Crippen LogP contribution in [0.25, 0.3) is 0 Å². The van der Waals surface area contributed by atoms with Crippen LogP contribution in [0.3, 0.4) is 0 Å². The monoisotopic (exact) mass is 741 g/mol. The van der Waals surface area contributed by atoms with E-state index in [9.17, 15) is 24.3 Å². The van der Waals surface area contributed by atoms with Gasteiger partial charge in [0.15, 0.2) is 6.10 Å². The van der Waals surface area contributed by atoms with Crippen molar-refractivity contribution in [3.05, 3.63) is 39.9 Å². The molecule has 5 heterocycles. The van der Waals surface area contributed by atoms with Crippen LogP contribution in [0.4, 0.5) is 0 Å². The Morgan fingerprint density at radius 2 is 1.79 bits per heavy atom. The maximum atomic E-state index is 14.1. The predicted octanol–water partition coefficient (Wildman–Crippen LogP) is 3.18. The van der Waals surface area contributed by atoms with E-state index >= 15 is 0 Å². The van der Waals surface area contributed by atoms with Gasteiger partial charge in [-0.05, 0) is 75.9 Å². The molecule has 2 aromatic rings. The van der Waals surface area contributed by atoms with E-state index in [2.05, 4.69) is 30.5 Å². The van der Waals surface area contributed by atoms with E-state index < -0.39 is 41.7 Å². The summed E-state index contributed by atoms with van der Waals surface area (Å²) in [7, 11) is 3.10. The first-order valence-corrected chi connectivity index (χ1v) is 19.3. The molecule has 0 aromatic carbocycles. The summed E-state index contributed by atoms with van der Waals surface area (Å²) in [4.78, 5) is 69.6. The Labute approximate surface area is 310 Å². The summed E-state index contributed by atoms with van der Waals surface area (Å²) in [6.45, 7) is 10.9. The highest BCUT2D eigenvalue weighted by molar-refractivity contribution is 7.09. The van der Waals surface area contributed by atoms with Crippen molar-refractivity contribution in [2.75, 3.05) is 27.2 Å². The SMILES string of the molecule is COC(=O)[C@@H](C)C[C@H](Cc1ncc(C)cn1)NC(=O)c1csc([C@@H](C[C@H](C(C)C)N(C)C(=O)C2(NC(O)[C@H]3CC4CCN3CC4)CC2)OC(C)=O)n1. The highest BCUT2D eigenvalue weighted by Gasteiger charge is 2.54. The number of hydrogen-bond acceptors (Lipinski definition) is 13. The van der Waals surface area contributed by atoms with Crippen LogP contribution in [0, 0.1) is 24.7 Å². The molecule has 0 spiro atoms. The number of aryl methyl sites for hydroxylation is 1. The number of nitrogens with zero attached hydrogens (tertiary/aromatic N) is 5. The number of aliphatic hydroxyl groups excluding tert-OH is 1. The van der Waals surface area contributed by atoms with Gasteiger partial charge >= 0.3 is 11.9 Å². The number of likely N-dealkylation sites (N-methyl/N-ethyl adjacent to an activating group) is 1. The number of fused-ring (bicyclic) bond motifs is 3. The molecule has 2 aromatic heterocycles. The highest BCUT2D eigenvalue weighted by atomic mass is 32.1. The first-order chi connectivity index (χ1) is 24.7. The van der Waals surface area contributed by atoms with E-state index in [1.807, 2.05) is 20.8 Å². The highest BCUT2D eigenvalue weighted by Crippen LogP contribution is 2.41. The summed E-state index contributed by atoms with van der Waals surface area (Å²) in [6, 6.07) is -0.810. The minimum Gasteiger partial charge on any atom is -0.469 e. The van der Waals surface area contributed by atoms with Gasteiger partial charge in [-0.2, -0.15) is 0 Å². The number of thiazole rings is 1. The number of hydrogen-bond donors (Lipinski definition) is 3. The predicted molar refractivity (Wildman–Crippen MR) is 194 cm³/mol. The Bertz CT molecular complexity index is 1560. The molecule has 15 heteroatoms. The molecule has 1 aliphatic carbocycles. The molecule has 6 atom stereocenters. The average molecular weight is 742 g/mol. The van der Waals surface area contributed by atoms with E-state index in [0.29, 0.717) is 42.4 Å². The quantitative estimate of drug-likeness (QED) is 0.160. The lowest BCUT2D eigenvalue weighted by Crippen LogP contribution is -2.62. The maximum Gasteiger partial charge on any atom is 0.308 e. The fraction of sp³-hybridized carbons (Fsp3) is 0.703. The van der Waals surface area contributed by atoms with Crippen molar-refractivity contribution in [2.24, 2.45) is 17.8 Å². The van der Waals surface area contributed by atoms with Crippen LogP contribution in [0.2, 0.25) is 0 Å². The standard InChI is InChI=1S/C37H55N7O7S/c1-21(2)28(43(6)36(49)37(10-11-37)42-33(47)29-15-25-8-12-44(29)13-9-25)17-30(51-24(5)45)34-41-27(20-52-34)32(46)40-26(14-23(4)35(48)50-7)16-31-38-18-22(3)19-39-31/h18-21,23,25-26,28-30,33,42,47H,8-17H2,1-7H3,(H,40,46)/t23-,26+,28+,29+,30+,33?/m0/s1. The molecule has 14 nitrogen and oxygen atoms in total. The minimum absolute atomic E-state index is 0.00259. The van der Waals surface area contributed by atoms with Crippen molar-refractivity contribution >= 4 is 35.1 Å². The van der Waals surface area contributed by atoms with Crippen molar-refractivity contribution < 1.29 is 33.8 Å². The van der Waals surface area contributed by atoms with Crippen molar-refractivity contribution in [2.45, 2.75) is 122 Å². The molecule has 3 saturated heterocycles. The lowest BCUT2D eigenvalue weighted by Gasteiger charge is -2.48. The summed E-state index contributed by atoms with van der Waals surface area (Å²) in [5.74, 6) is -0.764. The summed E-state index contributed by atoms with van der Waals surface area (Å²) in [5.41, 5.74) is 0.223. The van der Waals surface area contributed by atoms with Crippen LogP contribution in [0.5, 0.6) is 0 Å². The molecule has 3 aliphatic heterocycles. The van der Waals surface area contributed by atoms with E-state index in [0.717, 1.165) is 25.1 Å². The molecule has 1 saturated carbocycles. The minimum atomic E-state index is -0.825. The molecule has 286 valence electrons. The lowest BCUT2D eigenvalue weighted by atomic mass is 9.82. The molecular weight excluding hydrogens is 687 g/mol. The largest absolute Gasteiger partial charge is 0.469 e. The van der Waals surface area contributed by atoms with Crippen molar-refractivity contribution in [1.29, 1.82) is 0 Å². The van der Waals surface area contributed by atoms with Crippen LogP contribution >= 0.6 is 11.3 Å². The summed E-state index contributed by atoms with van der Waals surface area (Å²) >= 11 is 1.20. The second kappa shape index (κ2) is 17.1. The van der Waals surface area contributed by atoms with Gasteiger partial charge in [0.25, 0.3) is 5.91 Å². The van der Waals surface area contributed by atoms with Gasteiger partial charge in [-0.25, -0.2) is 15.0 Å². The van der Waals surface area contributed by atoms with E-state index in [4.69, 9.17) is 9.47 Å². The Morgan fingerprint density at radius 1 is 1.12 bits per heavy atom. The number of aliphatic hydroxyl groups is 1. The second-order valence-electron chi connectivity index (χ2n) is 15.3. The normalized spacial score (nSPS) is 23.2. The van der Waals surface area contributed by atoms with Gasteiger partial charge in [-0.15, -0.1) is 11.3 Å². The topological polar surface area (TPSA) is 176 Å². The number of rotatable bonds is 17. The summed E-state index contributed by atoms with van der Waals surface area (Å²) < 4.78 is 10.7. The fourth-order valence-corrected chi connectivity index (χ4v) is 8.55. The zero-order chi connectivity index (χ0) is 37.7. The number of carbonyl (C=O) groups excluding carboxylic acids is 4. The third-order valence-corrected chi connectivity index (χ3v) is 11.8. The van der Waals surface area contributed by atoms with Gasteiger partial charge in [0.1, 0.15) is 28.3 Å². The van der Waals surface area contributed by atoms with E-state index in [1.54, 1.807) is 36.6 Å². The smallest absolute Gasteiger partial charge is 0.308 e. The van der Waals surface area contributed by atoms with Crippen LogP contribution in [-0.2, 0) is 30.3 Å². The first-order valence-electron chi connectivity index (χ1n) is 18.5. The number of aromatic nitrogens is 3. The molecule has 3 N–H and O–H groups in total. The molecule has 6 rings (SSSR count). The van der Waals surface area contributed by atoms with Crippen LogP contribution in [-0.4, -0.2) is 111 Å². The number of esters is 2. The third-order valence-electron chi connectivity index (χ3n) is 10.9. The Balaban J connectivity index is 1.27. The fourth-order valence-electron chi connectivity index (χ4n) is 7.71. The number of carbonyl (C=O) groups is 4. The van der Waals surface area contributed by atoms with Crippen LogP contribution < -0.4 is 10.6 Å². The molecule has 2 bridgehead atoms. The molecule has 52 heavy (non-hydrogen) atoms. The second-order valence-corrected chi connectivity index (χ2v) is 16.2. The first kappa shape index (κ1) is 39.7. The van der Waals surface area contributed by atoms with Crippen LogP contribution in [0.15, 0.2) is 17.8 Å². The summed E-state index contributed by atoms with van der Waals surface area (Å²) in [6.07, 6.45) is 7.23.